The van der Waals surface area contributed by atoms with Crippen LogP contribution in [0, 0.1) is 5.92 Å². The maximum Gasteiger partial charge on any atom is 0.410 e. The molecule has 0 heterocycles. The van der Waals surface area contributed by atoms with Crippen molar-refractivity contribution in [1.29, 1.82) is 0 Å². The summed E-state index contributed by atoms with van der Waals surface area (Å²) in [4.78, 5) is 13.5. The summed E-state index contributed by atoms with van der Waals surface area (Å²) in [5, 5.41) is 3.58. The van der Waals surface area contributed by atoms with Gasteiger partial charge in [-0.15, -0.1) is 0 Å². The molecule has 0 aliphatic carbocycles. The summed E-state index contributed by atoms with van der Waals surface area (Å²) in [6.45, 7) is 13.9. The van der Waals surface area contributed by atoms with Crippen molar-refractivity contribution < 1.29 is 9.53 Å². The molecule has 0 saturated heterocycles. The second-order valence-corrected chi connectivity index (χ2v) is 6.77. The number of carbonyl (C=O) groups excluding carboxylic acids is 1. The summed E-state index contributed by atoms with van der Waals surface area (Å²) < 4.78 is 5.35. The molecule has 120 valence electrons. The van der Waals surface area contributed by atoms with Crippen LogP contribution in [0.4, 0.5) is 4.79 Å². The van der Waals surface area contributed by atoms with Gasteiger partial charge in [-0.25, -0.2) is 4.79 Å². The first-order valence-electron chi connectivity index (χ1n) is 7.87. The van der Waals surface area contributed by atoms with E-state index in [0.717, 1.165) is 13.0 Å². The van der Waals surface area contributed by atoms with Crippen LogP contribution in [0.2, 0.25) is 0 Å². The van der Waals surface area contributed by atoms with Gasteiger partial charge in [0.1, 0.15) is 5.60 Å². The molecule has 0 aromatic heterocycles. The van der Waals surface area contributed by atoms with Crippen molar-refractivity contribution in [3.05, 3.63) is 0 Å². The SMILES string of the molecule is CCCC(CC)NCC(C)CN(C)C(=O)OC(C)(C)C. The Morgan fingerprint density at radius 1 is 1.30 bits per heavy atom. The molecule has 4 heteroatoms. The van der Waals surface area contributed by atoms with Gasteiger partial charge in [-0.1, -0.05) is 27.2 Å². The van der Waals surface area contributed by atoms with E-state index in [9.17, 15) is 4.79 Å². The summed E-state index contributed by atoms with van der Waals surface area (Å²) in [5.74, 6) is 0.415. The largest absolute Gasteiger partial charge is 0.444 e. The molecule has 0 radical (unpaired) electrons. The van der Waals surface area contributed by atoms with E-state index in [-0.39, 0.29) is 6.09 Å². The normalized spacial score (nSPS) is 14.8. The maximum absolute atomic E-state index is 11.9. The lowest BCUT2D eigenvalue weighted by Gasteiger charge is -2.27. The van der Waals surface area contributed by atoms with Gasteiger partial charge in [-0.2, -0.15) is 0 Å². The van der Waals surface area contributed by atoms with Gasteiger partial charge in [0.15, 0.2) is 0 Å². The maximum atomic E-state index is 11.9. The Kier molecular flexibility index (Phi) is 8.86. The molecular formula is C16H34N2O2. The van der Waals surface area contributed by atoms with Crippen LogP contribution in [-0.2, 0) is 4.74 Å². The Bertz CT molecular complexity index is 274. The van der Waals surface area contributed by atoms with E-state index in [4.69, 9.17) is 4.74 Å². The number of ether oxygens (including phenoxy) is 1. The zero-order valence-electron chi connectivity index (χ0n) is 14.5. The first-order chi connectivity index (χ1) is 9.19. The van der Waals surface area contributed by atoms with Gasteiger partial charge in [-0.3, -0.25) is 0 Å². The molecule has 20 heavy (non-hydrogen) atoms. The standard InChI is InChI=1S/C16H34N2O2/c1-8-10-14(9-2)17-11-13(3)12-18(7)15(19)20-16(4,5)6/h13-14,17H,8-12H2,1-7H3. The first-order valence-corrected chi connectivity index (χ1v) is 7.87. The monoisotopic (exact) mass is 286 g/mol. The van der Waals surface area contributed by atoms with Crippen LogP contribution >= 0.6 is 0 Å². The molecule has 0 aliphatic heterocycles. The molecule has 2 unspecified atom stereocenters. The van der Waals surface area contributed by atoms with Crippen molar-refractivity contribution in [1.82, 2.24) is 10.2 Å². The topological polar surface area (TPSA) is 41.6 Å². The van der Waals surface area contributed by atoms with Crippen LogP contribution in [0.5, 0.6) is 0 Å². The predicted molar refractivity (Wildman–Crippen MR) is 85.0 cm³/mol. The second kappa shape index (κ2) is 9.22. The van der Waals surface area contributed by atoms with Gasteiger partial charge in [-0.05, 0) is 46.1 Å². The Labute approximate surface area is 125 Å². The molecule has 2 atom stereocenters. The van der Waals surface area contributed by atoms with E-state index >= 15 is 0 Å². The van der Waals surface area contributed by atoms with Crippen molar-refractivity contribution in [3.63, 3.8) is 0 Å². The van der Waals surface area contributed by atoms with Crippen molar-refractivity contribution in [2.45, 2.75) is 72.4 Å². The van der Waals surface area contributed by atoms with Gasteiger partial charge >= 0.3 is 6.09 Å². The molecule has 1 amide bonds. The summed E-state index contributed by atoms with van der Waals surface area (Å²) in [7, 11) is 1.80. The molecule has 0 aromatic carbocycles. The minimum atomic E-state index is -0.429. The van der Waals surface area contributed by atoms with Gasteiger partial charge < -0.3 is 15.0 Å². The van der Waals surface area contributed by atoms with Gasteiger partial charge in [0, 0.05) is 19.6 Å². The fourth-order valence-corrected chi connectivity index (χ4v) is 2.11. The highest BCUT2D eigenvalue weighted by Crippen LogP contribution is 2.10. The Hall–Kier alpha value is -0.770. The van der Waals surface area contributed by atoms with Gasteiger partial charge in [0.2, 0.25) is 0 Å². The molecule has 0 spiro atoms. The highest BCUT2D eigenvalue weighted by atomic mass is 16.6. The van der Waals surface area contributed by atoms with Crippen LogP contribution in [0.1, 0.15) is 60.8 Å². The molecule has 0 bridgehead atoms. The molecular weight excluding hydrogens is 252 g/mol. The first kappa shape index (κ1) is 19.2. The Balaban J connectivity index is 4.06. The molecule has 0 aliphatic rings. The average molecular weight is 286 g/mol. The molecule has 4 nitrogen and oxygen atoms in total. The van der Waals surface area contributed by atoms with Crippen LogP contribution in [0.15, 0.2) is 0 Å². The third-order valence-corrected chi connectivity index (χ3v) is 3.18. The van der Waals surface area contributed by atoms with Crippen molar-refractivity contribution >= 4 is 6.09 Å². The minimum Gasteiger partial charge on any atom is -0.444 e. The number of hydrogen-bond acceptors (Lipinski definition) is 3. The summed E-state index contributed by atoms with van der Waals surface area (Å²) in [5.41, 5.74) is -0.429. The van der Waals surface area contributed by atoms with Crippen LogP contribution in [-0.4, -0.2) is 42.8 Å². The second-order valence-electron chi connectivity index (χ2n) is 6.77. The quantitative estimate of drug-likeness (QED) is 0.740. The Morgan fingerprint density at radius 2 is 1.90 bits per heavy atom. The highest BCUT2D eigenvalue weighted by Gasteiger charge is 2.20. The van der Waals surface area contributed by atoms with E-state index in [1.165, 1.54) is 12.8 Å². The number of nitrogens with one attached hydrogen (secondary N) is 1. The number of rotatable bonds is 8. The molecule has 0 rings (SSSR count). The fraction of sp³-hybridized carbons (Fsp3) is 0.938. The van der Waals surface area contributed by atoms with Crippen LogP contribution in [0.3, 0.4) is 0 Å². The minimum absolute atomic E-state index is 0.245. The predicted octanol–water partition coefficient (Wildman–Crippen LogP) is 3.66. The number of carbonyl (C=O) groups is 1. The smallest absolute Gasteiger partial charge is 0.410 e. The number of hydrogen-bond donors (Lipinski definition) is 1. The van der Waals surface area contributed by atoms with Crippen molar-refractivity contribution in [3.8, 4) is 0 Å². The van der Waals surface area contributed by atoms with E-state index in [2.05, 4.69) is 26.1 Å². The van der Waals surface area contributed by atoms with E-state index in [0.29, 0.717) is 18.5 Å². The fourth-order valence-electron chi connectivity index (χ4n) is 2.11. The van der Waals surface area contributed by atoms with E-state index < -0.39 is 5.60 Å². The molecule has 0 aromatic rings. The summed E-state index contributed by atoms with van der Waals surface area (Å²) >= 11 is 0. The number of amides is 1. The van der Waals surface area contributed by atoms with Gasteiger partial charge in [0.05, 0.1) is 0 Å². The molecule has 0 saturated carbocycles. The highest BCUT2D eigenvalue weighted by molar-refractivity contribution is 5.67. The van der Waals surface area contributed by atoms with Crippen molar-refractivity contribution in [2.75, 3.05) is 20.1 Å². The summed E-state index contributed by atoms with van der Waals surface area (Å²) in [6.07, 6.45) is 3.33. The zero-order valence-corrected chi connectivity index (χ0v) is 14.5. The molecule has 1 N–H and O–H groups in total. The lowest BCUT2D eigenvalue weighted by molar-refractivity contribution is 0.0276. The van der Waals surface area contributed by atoms with E-state index in [1.807, 2.05) is 20.8 Å². The molecule has 0 fully saturated rings. The number of nitrogens with zero attached hydrogens (tertiary/aromatic N) is 1. The van der Waals surface area contributed by atoms with Crippen LogP contribution in [0.25, 0.3) is 0 Å². The summed E-state index contributed by atoms with van der Waals surface area (Å²) in [6, 6.07) is 0.592. The van der Waals surface area contributed by atoms with Gasteiger partial charge in [0.25, 0.3) is 0 Å². The van der Waals surface area contributed by atoms with Crippen molar-refractivity contribution in [2.24, 2.45) is 5.92 Å². The third-order valence-electron chi connectivity index (χ3n) is 3.18. The van der Waals surface area contributed by atoms with E-state index in [1.54, 1.807) is 11.9 Å². The average Bonchev–Trinajstić information content (AvgIpc) is 2.32. The van der Waals surface area contributed by atoms with Crippen LogP contribution < -0.4 is 5.32 Å². The lowest BCUT2D eigenvalue weighted by atomic mass is 10.1. The zero-order chi connectivity index (χ0) is 15.8. The third kappa shape index (κ3) is 9.18. The Morgan fingerprint density at radius 3 is 2.35 bits per heavy atom. The lowest BCUT2D eigenvalue weighted by Crippen LogP contribution is -2.40.